The molecule has 1 aliphatic rings. The molecule has 1 unspecified atom stereocenters. The Morgan fingerprint density at radius 3 is 2.76 bits per heavy atom. The first kappa shape index (κ1) is 14.1. The van der Waals surface area contributed by atoms with Crippen LogP contribution in [-0.4, -0.2) is 16.7 Å². The maximum atomic E-state index is 5.84. The lowest BCUT2D eigenvalue weighted by Gasteiger charge is -2.30. The number of benzene rings is 1. The summed E-state index contributed by atoms with van der Waals surface area (Å²) in [4.78, 5) is 4.47. The lowest BCUT2D eigenvalue weighted by Crippen LogP contribution is -2.31. The van der Waals surface area contributed by atoms with E-state index in [2.05, 4.69) is 34.5 Å². The number of aryl methyl sites for hydroxylation is 1. The standard InChI is InChI=1S/C16H21N3O2/c1-12-5-7-13(8-6-12)17-11-14-18-15(19-21-14)16(2)9-3-4-10-20-16/h5-8,17H,3-4,9-11H2,1-2H3. The van der Waals surface area contributed by atoms with Gasteiger partial charge in [0, 0.05) is 12.3 Å². The molecule has 5 heteroatoms. The second-order valence-electron chi connectivity index (χ2n) is 5.77. The molecule has 2 aromatic rings. The predicted octanol–water partition coefficient (Wildman–Crippen LogP) is 3.41. The highest BCUT2D eigenvalue weighted by molar-refractivity contribution is 5.44. The van der Waals surface area contributed by atoms with Gasteiger partial charge in [-0.25, -0.2) is 0 Å². The number of ether oxygens (including phenoxy) is 1. The molecule has 21 heavy (non-hydrogen) atoms. The van der Waals surface area contributed by atoms with Crippen LogP contribution in [0.1, 0.15) is 43.5 Å². The molecule has 1 aromatic heterocycles. The summed E-state index contributed by atoms with van der Waals surface area (Å²) < 4.78 is 11.2. The van der Waals surface area contributed by atoms with Gasteiger partial charge in [0.2, 0.25) is 11.7 Å². The number of anilines is 1. The summed E-state index contributed by atoms with van der Waals surface area (Å²) in [6.07, 6.45) is 3.19. The topological polar surface area (TPSA) is 60.2 Å². The summed E-state index contributed by atoms with van der Waals surface area (Å²) in [7, 11) is 0. The van der Waals surface area contributed by atoms with E-state index < -0.39 is 5.60 Å². The van der Waals surface area contributed by atoms with Gasteiger partial charge in [-0.1, -0.05) is 22.9 Å². The predicted molar refractivity (Wildman–Crippen MR) is 80.0 cm³/mol. The quantitative estimate of drug-likeness (QED) is 0.933. The van der Waals surface area contributed by atoms with E-state index in [4.69, 9.17) is 9.26 Å². The Morgan fingerprint density at radius 1 is 1.24 bits per heavy atom. The second kappa shape index (κ2) is 5.85. The van der Waals surface area contributed by atoms with Crippen LogP contribution in [0.4, 0.5) is 5.69 Å². The van der Waals surface area contributed by atoms with E-state index in [1.54, 1.807) is 0 Å². The van der Waals surface area contributed by atoms with Gasteiger partial charge in [0.15, 0.2) is 0 Å². The fraction of sp³-hybridized carbons (Fsp3) is 0.500. The van der Waals surface area contributed by atoms with E-state index in [0.717, 1.165) is 31.6 Å². The summed E-state index contributed by atoms with van der Waals surface area (Å²) in [5.41, 5.74) is 1.88. The van der Waals surface area contributed by atoms with Crippen LogP contribution in [0.2, 0.25) is 0 Å². The lowest BCUT2D eigenvalue weighted by atomic mass is 9.95. The van der Waals surface area contributed by atoms with Crippen molar-refractivity contribution in [3.8, 4) is 0 Å². The number of nitrogens with zero attached hydrogens (tertiary/aromatic N) is 2. The SMILES string of the molecule is Cc1ccc(NCc2nc(C3(C)CCCCO3)no2)cc1. The minimum Gasteiger partial charge on any atom is -0.376 e. The molecule has 5 nitrogen and oxygen atoms in total. The Hall–Kier alpha value is -1.88. The number of hydrogen-bond acceptors (Lipinski definition) is 5. The van der Waals surface area contributed by atoms with Crippen LogP contribution in [0, 0.1) is 6.92 Å². The van der Waals surface area contributed by atoms with Crippen LogP contribution in [0.25, 0.3) is 0 Å². The highest BCUT2D eigenvalue weighted by Crippen LogP contribution is 2.32. The Balaban J connectivity index is 1.63. The van der Waals surface area contributed by atoms with Gasteiger partial charge in [0.25, 0.3) is 0 Å². The minimum atomic E-state index is -0.399. The van der Waals surface area contributed by atoms with Crippen LogP contribution in [0.3, 0.4) is 0 Å². The monoisotopic (exact) mass is 287 g/mol. The molecule has 0 saturated carbocycles. The summed E-state index contributed by atoms with van der Waals surface area (Å²) >= 11 is 0. The van der Waals surface area contributed by atoms with Gasteiger partial charge in [0.05, 0.1) is 6.54 Å². The van der Waals surface area contributed by atoms with Crippen molar-refractivity contribution in [1.29, 1.82) is 0 Å². The van der Waals surface area contributed by atoms with Crippen molar-refractivity contribution in [1.82, 2.24) is 10.1 Å². The van der Waals surface area contributed by atoms with Gasteiger partial charge in [-0.3, -0.25) is 0 Å². The molecule has 1 aromatic carbocycles. The minimum absolute atomic E-state index is 0.399. The van der Waals surface area contributed by atoms with E-state index in [1.165, 1.54) is 5.56 Å². The average Bonchev–Trinajstić information content (AvgIpc) is 2.97. The van der Waals surface area contributed by atoms with E-state index >= 15 is 0 Å². The van der Waals surface area contributed by atoms with Gasteiger partial charge < -0.3 is 14.6 Å². The van der Waals surface area contributed by atoms with E-state index in [0.29, 0.717) is 18.3 Å². The molecule has 3 rings (SSSR count). The molecule has 112 valence electrons. The third-order valence-corrected chi connectivity index (χ3v) is 3.91. The molecule has 0 amide bonds. The number of aromatic nitrogens is 2. The number of hydrogen-bond donors (Lipinski definition) is 1. The van der Waals surface area contributed by atoms with Crippen LogP contribution >= 0.6 is 0 Å². The fourth-order valence-electron chi connectivity index (χ4n) is 2.50. The number of nitrogens with one attached hydrogen (secondary N) is 1. The largest absolute Gasteiger partial charge is 0.376 e. The lowest BCUT2D eigenvalue weighted by molar-refractivity contribution is -0.0770. The highest BCUT2D eigenvalue weighted by Gasteiger charge is 2.34. The average molecular weight is 287 g/mol. The molecule has 0 bridgehead atoms. The molecule has 1 atom stereocenters. The Labute approximate surface area is 124 Å². The highest BCUT2D eigenvalue weighted by atomic mass is 16.5. The number of rotatable bonds is 4. The third kappa shape index (κ3) is 3.24. The van der Waals surface area contributed by atoms with Crippen LogP contribution < -0.4 is 5.32 Å². The molecule has 0 spiro atoms. The summed E-state index contributed by atoms with van der Waals surface area (Å²) in [6, 6.07) is 8.22. The molecular formula is C16H21N3O2. The van der Waals surface area contributed by atoms with Crippen molar-refractivity contribution in [2.75, 3.05) is 11.9 Å². The molecule has 1 N–H and O–H groups in total. The second-order valence-corrected chi connectivity index (χ2v) is 5.77. The van der Waals surface area contributed by atoms with Crippen molar-refractivity contribution in [2.45, 2.75) is 45.3 Å². The van der Waals surface area contributed by atoms with Crippen LogP contribution in [0.5, 0.6) is 0 Å². The van der Waals surface area contributed by atoms with Gasteiger partial charge in [-0.15, -0.1) is 0 Å². The molecule has 1 saturated heterocycles. The molecule has 0 radical (unpaired) electrons. The summed E-state index contributed by atoms with van der Waals surface area (Å²) in [5, 5.41) is 7.37. The zero-order valence-electron chi connectivity index (χ0n) is 12.6. The van der Waals surface area contributed by atoms with Gasteiger partial charge in [0.1, 0.15) is 5.60 Å². The van der Waals surface area contributed by atoms with Crippen molar-refractivity contribution >= 4 is 5.69 Å². The Kier molecular flexibility index (Phi) is 3.92. The Morgan fingerprint density at radius 2 is 2.05 bits per heavy atom. The van der Waals surface area contributed by atoms with E-state index in [-0.39, 0.29) is 0 Å². The smallest absolute Gasteiger partial charge is 0.246 e. The molecular weight excluding hydrogens is 266 g/mol. The van der Waals surface area contributed by atoms with E-state index in [1.807, 2.05) is 19.1 Å². The van der Waals surface area contributed by atoms with Crippen molar-refractivity contribution in [2.24, 2.45) is 0 Å². The molecule has 1 fully saturated rings. The molecule has 0 aliphatic carbocycles. The normalized spacial score (nSPS) is 22.2. The van der Waals surface area contributed by atoms with Gasteiger partial charge >= 0.3 is 0 Å². The zero-order valence-corrected chi connectivity index (χ0v) is 12.6. The summed E-state index contributed by atoms with van der Waals surface area (Å²) in [5.74, 6) is 1.24. The van der Waals surface area contributed by atoms with Crippen molar-refractivity contribution < 1.29 is 9.26 Å². The fourth-order valence-corrected chi connectivity index (χ4v) is 2.50. The van der Waals surface area contributed by atoms with Crippen LogP contribution in [-0.2, 0) is 16.9 Å². The van der Waals surface area contributed by atoms with Crippen molar-refractivity contribution in [3.05, 3.63) is 41.5 Å². The summed E-state index contributed by atoms with van der Waals surface area (Å²) in [6.45, 7) is 5.39. The maximum Gasteiger partial charge on any atom is 0.246 e. The zero-order chi connectivity index (χ0) is 14.7. The Bertz CT molecular complexity index is 586. The first-order valence-electron chi connectivity index (χ1n) is 7.43. The van der Waals surface area contributed by atoms with Gasteiger partial charge in [-0.05, 0) is 45.2 Å². The van der Waals surface area contributed by atoms with Crippen LogP contribution in [0.15, 0.2) is 28.8 Å². The van der Waals surface area contributed by atoms with Crippen molar-refractivity contribution in [3.63, 3.8) is 0 Å². The third-order valence-electron chi connectivity index (χ3n) is 3.91. The first-order valence-corrected chi connectivity index (χ1v) is 7.43. The van der Waals surface area contributed by atoms with E-state index in [9.17, 15) is 0 Å². The maximum absolute atomic E-state index is 5.84. The first-order chi connectivity index (χ1) is 10.2. The molecule has 1 aliphatic heterocycles. The van der Waals surface area contributed by atoms with Gasteiger partial charge in [-0.2, -0.15) is 4.98 Å². The molecule has 2 heterocycles.